The molecule has 98 valence electrons. The van der Waals surface area contributed by atoms with Gasteiger partial charge < -0.3 is 0 Å². The highest BCUT2D eigenvalue weighted by Gasteiger charge is 2.18. The van der Waals surface area contributed by atoms with Gasteiger partial charge in [0, 0.05) is 12.6 Å². The Hall–Kier alpha value is -0.190. The molecule has 0 bridgehead atoms. The molecule has 0 fully saturated rings. The van der Waals surface area contributed by atoms with E-state index in [0.717, 1.165) is 18.1 Å². The maximum Gasteiger partial charge on any atom is 0.207 e. The molecule has 17 heavy (non-hydrogen) atoms. The van der Waals surface area contributed by atoms with Crippen LogP contribution in [0.2, 0.25) is 4.47 Å². The summed E-state index contributed by atoms with van der Waals surface area (Å²) in [5.41, 5.74) is 0. The minimum absolute atomic E-state index is 0.536. The number of nitrogens with zero attached hydrogens (tertiary/aromatic N) is 3. The second-order valence-corrected chi connectivity index (χ2v) is 6.39. The molecule has 0 aliphatic carbocycles. The Balaban J connectivity index is 2.68. The molecule has 0 aliphatic rings. The molecule has 0 spiro atoms. The van der Waals surface area contributed by atoms with E-state index in [9.17, 15) is 0 Å². The molecule has 1 rings (SSSR count). The molecule has 1 aromatic rings. The molecule has 0 N–H and O–H groups in total. The summed E-state index contributed by atoms with van der Waals surface area (Å²) in [4.78, 5) is 2.50. The molecule has 3 nitrogen and oxygen atoms in total. The standard InChI is InChI=1S/C12H22ClN3S/c1-5-10(6-2)16(7-9(3)4)8-11-14-15-12(13)17-11/h9-10H,5-8H2,1-4H3. The Morgan fingerprint density at radius 2 is 1.88 bits per heavy atom. The summed E-state index contributed by atoms with van der Waals surface area (Å²) >= 11 is 7.31. The van der Waals surface area contributed by atoms with E-state index in [2.05, 4.69) is 42.8 Å². The fraction of sp³-hybridized carbons (Fsp3) is 0.833. The van der Waals surface area contributed by atoms with E-state index in [1.54, 1.807) is 0 Å². The highest BCUT2D eigenvalue weighted by molar-refractivity contribution is 7.15. The number of hydrogen-bond acceptors (Lipinski definition) is 4. The van der Waals surface area contributed by atoms with Crippen LogP contribution in [0.25, 0.3) is 0 Å². The highest BCUT2D eigenvalue weighted by atomic mass is 35.5. The summed E-state index contributed by atoms with van der Waals surface area (Å²) in [5, 5.41) is 8.99. The van der Waals surface area contributed by atoms with E-state index >= 15 is 0 Å². The third kappa shape index (κ3) is 4.90. The van der Waals surface area contributed by atoms with Crippen LogP contribution in [0.5, 0.6) is 0 Å². The van der Waals surface area contributed by atoms with Crippen molar-refractivity contribution in [3.8, 4) is 0 Å². The van der Waals surface area contributed by atoms with Crippen molar-refractivity contribution in [2.45, 2.75) is 53.1 Å². The second kappa shape index (κ2) is 7.29. The average molecular weight is 276 g/mol. The molecule has 0 amide bonds. The summed E-state index contributed by atoms with van der Waals surface area (Å²) < 4.78 is 0.536. The van der Waals surface area contributed by atoms with Crippen LogP contribution in [0.3, 0.4) is 0 Å². The molecule has 5 heteroatoms. The Bertz CT molecular complexity index is 323. The van der Waals surface area contributed by atoms with Crippen LogP contribution >= 0.6 is 22.9 Å². The summed E-state index contributed by atoms with van der Waals surface area (Å²) in [6.45, 7) is 11.0. The van der Waals surface area contributed by atoms with Gasteiger partial charge in [-0.1, -0.05) is 39.0 Å². The van der Waals surface area contributed by atoms with Gasteiger partial charge in [-0.15, -0.1) is 10.2 Å². The van der Waals surface area contributed by atoms with Gasteiger partial charge in [-0.3, -0.25) is 4.90 Å². The van der Waals surface area contributed by atoms with Crippen LogP contribution in [0.15, 0.2) is 0 Å². The summed E-state index contributed by atoms with van der Waals surface area (Å²) in [6.07, 6.45) is 2.35. The lowest BCUT2D eigenvalue weighted by Crippen LogP contribution is -2.36. The highest BCUT2D eigenvalue weighted by Crippen LogP contribution is 2.20. The van der Waals surface area contributed by atoms with Crippen LogP contribution in [0.4, 0.5) is 0 Å². The molecule has 0 aliphatic heterocycles. The molecule has 1 aromatic heterocycles. The first-order valence-corrected chi connectivity index (χ1v) is 7.48. The molecule has 0 unspecified atom stereocenters. The Kier molecular flexibility index (Phi) is 6.38. The van der Waals surface area contributed by atoms with Gasteiger partial charge in [0.25, 0.3) is 0 Å². The van der Waals surface area contributed by atoms with Crippen molar-refractivity contribution in [3.05, 3.63) is 9.47 Å². The first kappa shape index (κ1) is 14.9. The lowest BCUT2D eigenvalue weighted by Gasteiger charge is -2.30. The zero-order valence-corrected chi connectivity index (χ0v) is 12.7. The van der Waals surface area contributed by atoms with Crippen molar-refractivity contribution in [2.75, 3.05) is 6.54 Å². The van der Waals surface area contributed by atoms with Gasteiger partial charge in [0.05, 0.1) is 6.54 Å². The van der Waals surface area contributed by atoms with Crippen molar-refractivity contribution < 1.29 is 0 Å². The predicted molar refractivity (Wildman–Crippen MR) is 74.5 cm³/mol. The largest absolute Gasteiger partial charge is 0.293 e. The molecule has 0 saturated heterocycles. The van der Waals surface area contributed by atoms with E-state index in [-0.39, 0.29) is 0 Å². The molecule has 0 saturated carbocycles. The molecule has 0 aromatic carbocycles. The first-order valence-electron chi connectivity index (χ1n) is 6.28. The number of halogens is 1. The maximum atomic E-state index is 5.82. The van der Waals surface area contributed by atoms with Crippen LogP contribution < -0.4 is 0 Å². The monoisotopic (exact) mass is 275 g/mol. The zero-order valence-electron chi connectivity index (χ0n) is 11.1. The summed E-state index contributed by atoms with van der Waals surface area (Å²) in [6, 6.07) is 0.625. The van der Waals surface area contributed by atoms with Gasteiger partial charge in [0.15, 0.2) is 0 Å². The van der Waals surface area contributed by atoms with E-state index in [0.29, 0.717) is 16.4 Å². The molecular formula is C12H22ClN3S. The van der Waals surface area contributed by atoms with Gasteiger partial charge >= 0.3 is 0 Å². The van der Waals surface area contributed by atoms with Crippen molar-refractivity contribution in [2.24, 2.45) is 5.92 Å². The first-order chi connectivity index (χ1) is 8.06. The minimum Gasteiger partial charge on any atom is -0.293 e. The molecular weight excluding hydrogens is 254 g/mol. The second-order valence-electron chi connectivity index (χ2n) is 4.74. The topological polar surface area (TPSA) is 29.0 Å². The van der Waals surface area contributed by atoms with Gasteiger partial charge in [-0.25, -0.2) is 0 Å². The third-order valence-corrected chi connectivity index (χ3v) is 3.84. The summed E-state index contributed by atoms with van der Waals surface area (Å²) in [5.74, 6) is 0.666. The van der Waals surface area contributed by atoms with Crippen LogP contribution in [-0.4, -0.2) is 27.7 Å². The van der Waals surface area contributed by atoms with Crippen LogP contribution in [-0.2, 0) is 6.54 Å². The number of rotatable bonds is 7. The van der Waals surface area contributed by atoms with E-state index < -0.39 is 0 Å². The number of hydrogen-bond donors (Lipinski definition) is 0. The minimum atomic E-state index is 0.536. The van der Waals surface area contributed by atoms with Crippen molar-refractivity contribution in [1.82, 2.24) is 15.1 Å². The van der Waals surface area contributed by atoms with Gasteiger partial charge in [0.2, 0.25) is 4.47 Å². The van der Waals surface area contributed by atoms with Crippen molar-refractivity contribution >= 4 is 22.9 Å². The molecule has 0 radical (unpaired) electrons. The zero-order chi connectivity index (χ0) is 12.8. The fourth-order valence-corrected chi connectivity index (χ4v) is 2.98. The quantitative estimate of drug-likeness (QED) is 0.757. The molecule has 1 heterocycles. The third-order valence-electron chi connectivity index (χ3n) is 2.84. The Morgan fingerprint density at radius 3 is 2.29 bits per heavy atom. The van der Waals surface area contributed by atoms with Crippen LogP contribution in [0.1, 0.15) is 45.5 Å². The SMILES string of the molecule is CCC(CC)N(Cc1nnc(Cl)s1)CC(C)C. The normalized spacial score (nSPS) is 12.0. The van der Waals surface area contributed by atoms with E-state index in [4.69, 9.17) is 11.6 Å². The maximum absolute atomic E-state index is 5.82. The molecule has 0 atom stereocenters. The smallest absolute Gasteiger partial charge is 0.207 e. The van der Waals surface area contributed by atoms with Crippen LogP contribution in [0, 0.1) is 5.92 Å². The van der Waals surface area contributed by atoms with E-state index in [1.165, 1.54) is 24.2 Å². The number of aromatic nitrogens is 2. The lowest BCUT2D eigenvalue weighted by atomic mass is 10.1. The Morgan fingerprint density at radius 1 is 1.24 bits per heavy atom. The predicted octanol–water partition coefficient (Wildman–Crippen LogP) is 3.84. The fourth-order valence-electron chi connectivity index (χ4n) is 2.09. The van der Waals surface area contributed by atoms with Gasteiger partial charge in [-0.2, -0.15) is 0 Å². The Labute approximate surface area is 113 Å². The van der Waals surface area contributed by atoms with Gasteiger partial charge in [0.1, 0.15) is 5.01 Å². The average Bonchev–Trinajstić information content (AvgIpc) is 2.65. The lowest BCUT2D eigenvalue weighted by molar-refractivity contribution is 0.157. The summed E-state index contributed by atoms with van der Waals surface area (Å²) in [7, 11) is 0. The van der Waals surface area contributed by atoms with Gasteiger partial charge in [-0.05, 0) is 30.4 Å². The van der Waals surface area contributed by atoms with E-state index in [1.807, 2.05) is 0 Å². The van der Waals surface area contributed by atoms with Crippen molar-refractivity contribution in [1.29, 1.82) is 0 Å². The van der Waals surface area contributed by atoms with Crippen molar-refractivity contribution in [3.63, 3.8) is 0 Å².